The van der Waals surface area contributed by atoms with Gasteiger partial charge in [-0.2, -0.15) is 0 Å². The van der Waals surface area contributed by atoms with E-state index in [1.165, 1.54) is 17.3 Å². The second-order valence-electron chi connectivity index (χ2n) is 6.22. The number of carbonyl (C=O) groups excluding carboxylic acids is 1. The third-order valence-electron chi connectivity index (χ3n) is 3.98. The number of hydrogen-bond donors (Lipinski definition) is 1. The first-order chi connectivity index (χ1) is 13.6. The number of benzene rings is 2. The van der Waals surface area contributed by atoms with Crippen LogP contribution >= 0.6 is 23.4 Å². The van der Waals surface area contributed by atoms with Crippen molar-refractivity contribution in [3.8, 4) is 0 Å². The maximum atomic E-state index is 12.1. The second kappa shape index (κ2) is 10.1. The van der Waals surface area contributed by atoms with E-state index >= 15 is 0 Å². The van der Waals surface area contributed by atoms with Crippen LogP contribution in [0.5, 0.6) is 0 Å². The monoisotopic (exact) mass is 412 g/mol. The largest absolute Gasteiger partial charge is 0.355 e. The quantitative estimate of drug-likeness (QED) is 0.342. The Morgan fingerprint density at radius 3 is 2.36 bits per heavy atom. The first-order valence-electron chi connectivity index (χ1n) is 8.83. The normalized spacial score (nSPS) is 10.5. The Morgan fingerprint density at radius 2 is 1.68 bits per heavy atom. The zero-order valence-corrected chi connectivity index (χ0v) is 17.1. The van der Waals surface area contributed by atoms with Crippen molar-refractivity contribution in [3.05, 3.63) is 83.0 Å². The average Bonchev–Trinajstić information content (AvgIpc) is 2.72. The topological polar surface area (TPSA) is 58.1 Å². The zero-order valence-electron chi connectivity index (χ0n) is 15.5. The number of thioether (sulfide) groups is 1. The number of amides is 1. The van der Waals surface area contributed by atoms with Crippen LogP contribution < -0.4 is 10.2 Å². The number of hydrogen-bond acceptors (Lipinski definition) is 5. The van der Waals surface area contributed by atoms with Crippen molar-refractivity contribution in [1.82, 2.24) is 15.3 Å². The van der Waals surface area contributed by atoms with Crippen LogP contribution in [0.4, 0.5) is 5.82 Å². The molecule has 1 heterocycles. The minimum atomic E-state index is -0.0726. The summed E-state index contributed by atoms with van der Waals surface area (Å²) in [6.45, 7) is 1.21. The summed E-state index contributed by atoms with van der Waals surface area (Å²) in [6.07, 6.45) is 0. The van der Waals surface area contributed by atoms with E-state index < -0.39 is 0 Å². The summed E-state index contributed by atoms with van der Waals surface area (Å²) in [5.74, 6) is 0.877. The second-order valence-corrected chi connectivity index (χ2v) is 7.55. The molecule has 1 N–H and O–H groups in total. The first-order valence-corrected chi connectivity index (χ1v) is 10.2. The van der Waals surface area contributed by atoms with Gasteiger partial charge in [0, 0.05) is 26.2 Å². The number of nitrogens with one attached hydrogen (secondary N) is 1. The zero-order chi connectivity index (χ0) is 19.8. The molecule has 0 atom stereocenters. The molecule has 1 amide bonds. The maximum Gasteiger partial charge on any atom is 0.230 e. The Bertz CT molecular complexity index is 909. The fraction of sp³-hybridized carbons (Fsp3) is 0.190. The predicted molar refractivity (Wildman–Crippen MR) is 115 cm³/mol. The SMILES string of the molecule is CN(Cc1ccccc1)c1cc(Cl)nc(SCC(=O)NCc2ccccc2)n1. The van der Waals surface area contributed by atoms with Gasteiger partial charge in [-0.15, -0.1) is 0 Å². The molecule has 0 spiro atoms. The fourth-order valence-corrected chi connectivity index (χ4v) is 3.47. The summed E-state index contributed by atoms with van der Waals surface area (Å²) in [5, 5.41) is 3.74. The molecule has 2 aromatic carbocycles. The molecule has 0 aliphatic carbocycles. The van der Waals surface area contributed by atoms with Crippen molar-refractivity contribution in [1.29, 1.82) is 0 Å². The molecular weight excluding hydrogens is 392 g/mol. The van der Waals surface area contributed by atoms with Gasteiger partial charge in [0.05, 0.1) is 5.75 Å². The van der Waals surface area contributed by atoms with Crippen molar-refractivity contribution in [2.24, 2.45) is 0 Å². The number of carbonyl (C=O) groups is 1. The Kier molecular flexibility index (Phi) is 7.28. The Morgan fingerprint density at radius 1 is 1.04 bits per heavy atom. The van der Waals surface area contributed by atoms with Gasteiger partial charge in [0.25, 0.3) is 0 Å². The van der Waals surface area contributed by atoms with E-state index in [1.807, 2.05) is 60.5 Å². The van der Waals surface area contributed by atoms with Crippen LogP contribution in [0, 0.1) is 0 Å². The highest BCUT2D eigenvalue weighted by Crippen LogP contribution is 2.22. The highest BCUT2D eigenvalue weighted by molar-refractivity contribution is 7.99. The molecule has 1 aromatic heterocycles. The van der Waals surface area contributed by atoms with Crippen molar-refractivity contribution in [2.75, 3.05) is 17.7 Å². The summed E-state index contributed by atoms with van der Waals surface area (Å²) < 4.78 is 0. The molecule has 0 aliphatic heterocycles. The Labute approximate surface area is 174 Å². The molecule has 0 radical (unpaired) electrons. The van der Waals surface area contributed by atoms with Gasteiger partial charge >= 0.3 is 0 Å². The lowest BCUT2D eigenvalue weighted by Gasteiger charge is -2.19. The fourth-order valence-electron chi connectivity index (χ4n) is 2.56. The van der Waals surface area contributed by atoms with Crippen LogP contribution in [-0.4, -0.2) is 28.7 Å². The molecule has 0 aliphatic rings. The van der Waals surface area contributed by atoms with Crippen LogP contribution in [0.3, 0.4) is 0 Å². The standard InChI is InChI=1S/C21H21ClN4OS/c1-26(14-17-10-6-3-7-11-17)19-12-18(22)24-21(25-19)28-15-20(27)23-13-16-8-4-2-5-9-16/h2-12H,13-15H2,1H3,(H,23,27). The molecule has 3 rings (SSSR count). The summed E-state index contributed by atoms with van der Waals surface area (Å²) in [5.41, 5.74) is 2.24. The summed E-state index contributed by atoms with van der Waals surface area (Å²) in [4.78, 5) is 22.9. The highest BCUT2D eigenvalue weighted by atomic mass is 35.5. The molecule has 3 aromatic rings. The third kappa shape index (κ3) is 6.25. The summed E-state index contributed by atoms with van der Waals surface area (Å²) >= 11 is 7.43. The van der Waals surface area contributed by atoms with Crippen molar-refractivity contribution < 1.29 is 4.79 Å². The van der Waals surface area contributed by atoms with Crippen molar-refractivity contribution in [2.45, 2.75) is 18.2 Å². The van der Waals surface area contributed by atoms with Gasteiger partial charge in [-0.3, -0.25) is 4.79 Å². The third-order valence-corrected chi connectivity index (χ3v) is 5.02. The molecule has 28 heavy (non-hydrogen) atoms. The van der Waals surface area contributed by atoms with Crippen LogP contribution in [0.2, 0.25) is 5.15 Å². The van der Waals surface area contributed by atoms with E-state index in [-0.39, 0.29) is 11.7 Å². The minimum Gasteiger partial charge on any atom is -0.355 e. The molecule has 0 unspecified atom stereocenters. The van der Waals surface area contributed by atoms with Crippen LogP contribution in [-0.2, 0) is 17.9 Å². The van der Waals surface area contributed by atoms with E-state index in [2.05, 4.69) is 27.4 Å². The lowest BCUT2D eigenvalue weighted by Crippen LogP contribution is -2.24. The lowest BCUT2D eigenvalue weighted by molar-refractivity contribution is -0.118. The number of rotatable bonds is 8. The number of aromatic nitrogens is 2. The van der Waals surface area contributed by atoms with Gasteiger partial charge in [0.1, 0.15) is 11.0 Å². The Balaban J connectivity index is 1.56. The highest BCUT2D eigenvalue weighted by Gasteiger charge is 2.11. The summed E-state index contributed by atoms with van der Waals surface area (Å²) in [7, 11) is 1.95. The predicted octanol–water partition coefficient (Wildman–Crippen LogP) is 4.17. The minimum absolute atomic E-state index is 0.0726. The van der Waals surface area contributed by atoms with E-state index in [0.717, 1.165) is 11.4 Å². The molecule has 0 fully saturated rings. The molecule has 144 valence electrons. The molecule has 7 heteroatoms. The van der Waals surface area contributed by atoms with Gasteiger partial charge < -0.3 is 10.2 Å². The van der Waals surface area contributed by atoms with Gasteiger partial charge in [-0.25, -0.2) is 9.97 Å². The molecular formula is C21H21ClN4OS. The molecule has 0 bridgehead atoms. The van der Waals surface area contributed by atoms with Crippen LogP contribution in [0.1, 0.15) is 11.1 Å². The maximum absolute atomic E-state index is 12.1. The smallest absolute Gasteiger partial charge is 0.230 e. The van der Waals surface area contributed by atoms with Gasteiger partial charge in [-0.05, 0) is 11.1 Å². The molecule has 0 saturated heterocycles. The number of anilines is 1. The van der Waals surface area contributed by atoms with E-state index in [0.29, 0.717) is 23.4 Å². The van der Waals surface area contributed by atoms with E-state index in [1.54, 1.807) is 6.07 Å². The van der Waals surface area contributed by atoms with E-state index in [4.69, 9.17) is 11.6 Å². The number of nitrogens with zero attached hydrogens (tertiary/aromatic N) is 3. The van der Waals surface area contributed by atoms with Crippen molar-refractivity contribution >= 4 is 35.1 Å². The first kappa shape index (κ1) is 20.2. The average molecular weight is 413 g/mol. The number of halogens is 1. The molecule has 5 nitrogen and oxygen atoms in total. The molecule has 0 saturated carbocycles. The van der Waals surface area contributed by atoms with Crippen LogP contribution in [0.25, 0.3) is 0 Å². The summed E-state index contributed by atoms with van der Waals surface area (Å²) in [6, 6.07) is 21.6. The van der Waals surface area contributed by atoms with Crippen LogP contribution in [0.15, 0.2) is 71.9 Å². The van der Waals surface area contributed by atoms with Crippen molar-refractivity contribution in [3.63, 3.8) is 0 Å². The lowest BCUT2D eigenvalue weighted by atomic mass is 10.2. The Hall–Kier alpha value is -2.57. The van der Waals surface area contributed by atoms with Gasteiger partial charge in [-0.1, -0.05) is 84.0 Å². The van der Waals surface area contributed by atoms with Gasteiger partial charge in [0.2, 0.25) is 5.91 Å². The van der Waals surface area contributed by atoms with E-state index in [9.17, 15) is 4.79 Å². The van der Waals surface area contributed by atoms with Gasteiger partial charge in [0.15, 0.2) is 5.16 Å².